The number of morpholine rings is 1. The smallest absolute Gasteiger partial charge is 0.252 e. The van der Waals surface area contributed by atoms with Crippen LogP contribution in [0.3, 0.4) is 0 Å². The molecule has 0 radical (unpaired) electrons. The first-order chi connectivity index (χ1) is 13.6. The predicted octanol–water partition coefficient (Wildman–Crippen LogP) is 1.85. The summed E-state index contributed by atoms with van der Waals surface area (Å²) >= 11 is 0. The molecule has 8 heteroatoms. The van der Waals surface area contributed by atoms with Crippen LogP contribution in [0.2, 0.25) is 0 Å². The molecular weight excluding hydrogens is 358 g/mol. The van der Waals surface area contributed by atoms with Gasteiger partial charge in [0, 0.05) is 50.7 Å². The summed E-state index contributed by atoms with van der Waals surface area (Å²) in [5, 5.41) is 8.88. The summed E-state index contributed by atoms with van der Waals surface area (Å²) in [5.74, 6) is -0.286. The lowest BCUT2D eigenvalue weighted by molar-refractivity contribution is -0.114. The molecule has 2 heterocycles. The molecule has 2 aromatic rings. The van der Waals surface area contributed by atoms with Crippen molar-refractivity contribution in [3.63, 3.8) is 0 Å². The van der Waals surface area contributed by atoms with Gasteiger partial charge in [0.25, 0.3) is 5.91 Å². The second kappa shape index (κ2) is 9.82. The molecule has 0 bridgehead atoms. The number of ether oxygens (including phenoxy) is 1. The highest BCUT2D eigenvalue weighted by molar-refractivity contribution is 5.95. The van der Waals surface area contributed by atoms with Crippen LogP contribution in [0, 0.1) is 0 Å². The van der Waals surface area contributed by atoms with Crippen LogP contribution in [0.4, 0.5) is 17.1 Å². The summed E-state index contributed by atoms with van der Waals surface area (Å²) in [4.78, 5) is 30.0. The van der Waals surface area contributed by atoms with Gasteiger partial charge in [0.2, 0.25) is 5.91 Å². The Morgan fingerprint density at radius 3 is 2.68 bits per heavy atom. The number of hydrogen-bond acceptors (Lipinski definition) is 6. The van der Waals surface area contributed by atoms with Gasteiger partial charge in [-0.25, -0.2) is 0 Å². The van der Waals surface area contributed by atoms with E-state index < -0.39 is 0 Å². The van der Waals surface area contributed by atoms with E-state index in [1.54, 1.807) is 18.5 Å². The Bertz CT molecular complexity index is 821. The Kier molecular flexibility index (Phi) is 6.94. The van der Waals surface area contributed by atoms with Gasteiger partial charge < -0.3 is 20.7 Å². The molecule has 3 N–H and O–H groups in total. The van der Waals surface area contributed by atoms with E-state index in [4.69, 9.17) is 4.74 Å². The van der Waals surface area contributed by atoms with E-state index in [1.165, 1.54) is 6.92 Å². The van der Waals surface area contributed by atoms with Gasteiger partial charge >= 0.3 is 0 Å². The first-order valence-corrected chi connectivity index (χ1v) is 9.28. The fourth-order valence-corrected chi connectivity index (χ4v) is 2.93. The average Bonchev–Trinajstić information content (AvgIpc) is 2.69. The summed E-state index contributed by atoms with van der Waals surface area (Å²) in [6.45, 7) is 6.13. The topological polar surface area (TPSA) is 95.6 Å². The van der Waals surface area contributed by atoms with Crippen LogP contribution >= 0.6 is 0 Å². The summed E-state index contributed by atoms with van der Waals surface area (Å²) in [7, 11) is 0. The van der Waals surface area contributed by atoms with E-state index in [9.17, 15) is 9.59 Å². The summed E-state index contributed by atoms with van der Waals surface area (Å²) < 4.78 is 5.32. The maximum Gasteiger partial charge on any atom is 0.252 e. The van der Waals surface area contributed by atoms with Crippen LogP contribution in [0.1, 0.15) is 17.3 Å². The molecule has 1 saturated heterocycles. The number of anilines is 3. The molecule has 148 valence electrons. The average molecular weight is 383 g/mol. The molecule has 3 rings (SSSR count). The third kappa shape index (κ3) is 6.04. The molecule has 1 aromatic heterocycles. The Balaban J connectivity index is 1.55. The van der Waals surface area contributed by atoms with Gasteiger partial charge in [-0.05, 0) is 24.3 Å². The van der Waals surface area contributed by atoms with E-state index in [1.807, 2.05) is 24.3 Å². The van der Waals surface area contributed by atoms with Crippen LogP contribution in [-0.4, -0.2) is 61.1 Å². The van der Waals surface area contributed by atoms with E-state index >= 15 is 0 Å². The van der Waals surface area contributed by atoms with Crippen LogP contribution < -0.4 is 16.0 Å². The van der Waals surface area contributed by atoms with Crippen molar-refractivity contribution in [3.8, 4) is 0 Å². The Morgan fingerprint density at radius 2 is 1.89 bits per heavy atom. The molecular formula is C20H25N5O3. The highest BCUT2D eigenvalue weighted by Gasteiger charge is 2.11. The lowest BCUT2D eigenvalue weighted by atomic mass is 10.2. The number of aromatic nitrogens is 1. The maximum absolute atomic E-state index is 12.4. The molecule has 0 saturated carbocycles. The van der Waals surface area contributed by atoms with Crippen molar-refractivity contribution < 1.29 is 14.3 Å². The zero-order valence-electron chi connectivity index (χ0n) is 15.9. The standard InChI is InChI=1S/C20H25N5O3/c1-15(26)23-17-3-2-4-18(12-17)24-19-11-16(13-21-14-19)20(27)22-5-6-25-7-9-28-10-8-25/h2-4,11-14,24H,5-10H2,1H3,(H,22,27)(H,23,26). The Hall–Kier alpha value is -2.97. The number of nitrogens with zero attached hydrogens (tertiary/aromatic N) is 2. The largest absolute Gasteiger partial charge is 0.379 e. The van der Waals surface area contributed by atoms with Crippen LogP contribution in [0.5, 0.6) is 0 Å². The molecule has 0 aliphatic carbocycles. The fraction of sp³-hybridized carbons (Fsp3) is 0.350. The molecule has 2 amide bonds. The minimum Gasteiger partial charge on any atom is -0.379 e. The molecule has 0 spiro atoms. The van der Waals surface area contributed by atoms with Crippen molar-refractivity contribution >= 4 is 28.9 Å². The highest BCUT2D eigenvalue weighted by Crippen LogP contribution is 2.20. The minimum absolute atomic E-state index is 0.130. The molecule has 1 aromatic carbocycles. The van der Waals surface area contributed by atoms with Gasteiger partial charge in [0.05, 0.1) is 30.7 Å². The van der Waals surface area contributed by atoms with Crippen molar-refractivity contribution in [2.24, 2.45) is 0 Å². The van der Waals surface area contributed by atoms with Crippen molar-refractivity contribution in [1.82, 2.24) is 15.2 Å². The van der Waals surface area contributed by atoms with Gasteiger partial charge in [-0.2, -0.15) is 0 Å². The van der Waals surface area contributed by atoms with E-state index in [0.717, 1.165) is 38.5 Å². The van der Waals surface area contributed by atoms with Crippen molar-refractivity contribution in [3.05, 3.63) is 48.3 Å². The second-order valence-electron chi connectivity index (χ2n) is 6.56. The zero-order valence-corrected chi connectivity index (χ0v) is 15.9. The number of benzene rings is 1. The predicted molar refractivity (Wildman–Crippen MR) is 108 cm³/mol. The van der Waals surface area contributed by atoms with Crippen LogP contribution in [0.25, 0.3) is 0 Å². The molecule has 1 aliphatic heterocycles. The van der Waals surface area contributed by atoms with Crippen molar-refractivity contribution in [1.29, 1.82) is 0 Å². The monoisotopic (exact) mass is 383 g/mol. The number of carbonyl (C=O) groups excluding carboxylic acids is 2. The van der Waals surface area contributed by atoms with E-state index in [2.05, 4.69) is 25.8 Å². The number of nitrogens with one attached hydrogen (secondary N) is 3. The first-order valence-electron chi connectivity index (χ1n) is 9.28. The highest BCUT2D eigenvalue weighted by atomic mass is 16.5. The van der Waals surface area contributed by atoms with Crippen molar-refractivity contribution in [2.45, 2.75) is 6.92 Å². The van der Waals surface area contributed by atoms with Gasteiger partial charge in [-0.3, -0.25) is 19.5 Å². The minimum atomic E-state index is -0.156. The van der Waals surface area contributed by atoms with Gasteiger partial charge in [-0.15, -0.1) is 0 Å². The molecule has 0 unspecified atom stereocenters. The third-order valence-electron chi connectivity index (χ3n) is 4.29. The third-order valence-corrected chi connectivity index (χ3v) is 4.29. The molecule has 28 heavy (non-hydrogen) atoms. The van der Waals surface area contributed by atoms with Crippen LogP contribution in [-0.2, 0) is 9.53 Å². The number of carbonyl (C=O) groups is 2. The molecule has 8 nitrogen and oxygen atoms in total. The fourth-order valence-electron chi connectivity index (χ4n) is 2.93. The lowest BCUT2D eigenvalue weighted by Gasteiger charge is -2.26. The Morgan fingerprint density at radius 1 is 1.11 bits per heavy atom. The Labute approximate surface area is 164 Å². The number of amides is 2. The molecule has 1 fully saturated rings. The lowest BCUT2D eigenvalue weighted by Crippen LogP contribution is -2.41. The van der Waals surface area contributed by atoms with Gasteiger partial charge in [0.1, 0.15) is 0 Å². The first kappa shape index (κ1) is 19.8. The van der Waals surface area contributed by atoms with Crippen molar-refractivity contribution in [2.75, 3.05) is 50.0 Å². The SMILES string of the molecule is CC(=O)Nc1cccc(Nc2cncc(C(=O)NCCN3CCOCC3)c2)c1. The number of pyridine rings is 1. The molecule has 0 atom stereocenters. The van der Waals surface area contributed by atoms with Crippen LogP contribution in [0.15, 0.2) is 42.7 Å². The number of hydrogen-bond donors (Lipinski definition) is 3. The zero-order chi connectivity index (χ0) is 19.8. The quantitative estimate of drug-likeness (QED) is 0.675. The maximum atomic E-state index is 12.4. The number of rotatable bonds is 7. The van der Waals surface area contributed by atoms with E-state index in [0.29, 0.717) is 23.5 Å². The van der Waals surface area contributed by atoms with Gasteiger partial charge in [0.15, 0.2) is 0 Å². The summed E-state index contributed by atoms with van der Waals surface area (Å²) in [6, 6.07) is 9.09. The second-order valence-corrected chi connectivity index (χ2v) is 6.56. The summed E-state index contributed by atoms with van der Waals surface area (Å²) in [5.41, 5.74) is 2.67. The van der Waals surface area contributed by atoms with E-state index in [-0.39, 0.29) is 11.8 Å². The summed E-state index contributed by atoms with van der Waals surface area (Å²) in [6.07, 6.45) is 3.19. The normalized spacial score (nSPS) is 14.3. The molecule has 1 aliphatic rings. The van der Waals surface area contributed by atoms with Gasteiger partial charge in [-0.1, -0.05) is 6.07 Å².